The van der Waals surface area contributed by atoms with Gasteiger partial charge in [0, 0.05) is 6.07 Å². The van der Waals surface area contributed by atoms with Gasteiger partial charge in [-0.05, 0) is 30.5 Å². The van der Waals surface area contributed by atoms with Crippen molar-refractivity contribution < 1.29 is 10.2 Å². The lowest BCUT2D eigenvalue weighted by Gasteiger charge is -2.04. The van der Waals surface area contributed by atoms with Gasteiger partial charge in [-0.2, -0.15) is 0 Å². The van der Waals surface area contributed by atoms with Crippen LogP contribution in [0.3, 0.4) is 0 Å². The van der Waals surface area contributed by atoms with Gasteiger partial charge in [-0.25, -0.2) is 0 Å². The van der Waals surface area contributed by atoms with Gasteiger partial charge in [-0.1, -0.05) is 64.7 Å². The number of phenolic OH excluding ortho intramolecular Hbond substituents is 2. The molecule has 0 amide bonds. The third-order valence-electron chi connectivity index (χ3n) is 3.78. The van der Waals surface area contributed by atoms with E-state index in [9.17, 15) is 10.2 Å². The normalized spacial score (nSPS) is 10.8. The second-order valence-electron chi connectivity index (χ2n) is 5.79. The quantitative estimate of drug-likeness (QED) is 0.520. The first-order chi connectivity index (χ1) is 9.72. The fraction of sp³-hybridized carbons (Fsp3) is 0.667. The first-order valence-electron chi connectivity index (χ1n) is 8.24. The van der Waals surface area contributed by atoms with Crippen LogP contribution in [0, 0.1) is 0 Å². The third-order valence-corrected chi connectivity index (χ3v) is 3.78. The van der Waals surface area contributed by atoms with Crippen LogP contribution in [0.1, 0.15) is 76.7 Å². The van der Waals surface area contributed by atoms with Gasteiger partial charge in [-0.15, -0.1) is 0 Å². The van der Waals surface area contributed by atoms with Gasteiger partial charge in [-0.3, -0.25) is 0 Å². The Kier molecular flexibility index (Phi) is 8.93. The summed E-state index contributed by atoms with van der Waals surface area (Å²) in [4.78, 5) is 0. The maximum Gasteiger partial charge on any atom is 0.119 e. The summed E-state index contributed by atoms with van der Waals surface area (Å²) in [5.41, 5.74) is 1.03. The first kappa shape index (κ1) is 16.9. The maximum absolute atomic E-state index is 9.40. The van der Waals surface area contributed by atoms with Crippen LogP contribution < -0.4 is 0 Å². The van der Waals surface area contributed by atoms with Crippen LogP contribution in [0.25, 0.3) is 0 Å². The van der Waals surface area contributed by atoms with E-state index in [0.717, 1.165) is 18.4 Å². The van der Waals surface area contributed by atoms with Gasteiger partial charge in [0.1, 0.15) is 11.5 Å². The Labute approximate surface area is 123 Å². The van der Waals surface area contributed by atoms with E-state index in [1.807, 2.05) is 0 Å². The molecule has 0 aliphatic rings. The average molecular weight is 278 g/mol. The lowest BCUT2D eigenvalue weighted by Crippen LogP contribution is -1.87. The average Bonchev–Trinajstić information content (AvgIpc) is 2.40. The molecule has 0 saturated heterocycles. The number of rotatable bonds is 11. The smallest absolute Gasteiger partial charge is 0.119 e. The van der Waals surface area contributed by atoms with Crippen LogP contribution >= 0.6 is 0 Å². The number of benzene rings is 1. The molecule has 0 radical (unpaired) electrons. The standard InChI is InChI=1S/C18H30O2/c1-2-3-4-5-6-7-8-9-10-11-12-16-13-17(19)15-18(20)14-16/h13-15,19-20H,2-12H2,1H3. The molecule has 2 heteroatoms. The van der Waals surface area contributed by atoms with E-state index in [1.165, 1.54) is 63.9 Å². The molecule has 0 fully saturated rings. The predicted molar refractivity (Wildman–Crippen MR) is 85.3 cm³/mol. The van der Waals surface area contributed by atoms with Crippen molar-refractivity contribution in [2.24, 2.45) is 0 Å². The van der Waals surface area contributed by atoms with Crippen molar-refractivity contribution in [2.45, 2.75) is 77.6 Å². The van der Waals surface area contributed by atoms with Crippen molar-refractivity contribution in [1.82, 2.24) is 0 Å². The molecule has 0 aliphatic carbocycles. The minimum Gasteiger partial charge on any atom is -0.508 e. The molecular formula is C18H30O2. The highest BCUT2D eigenvalue weighted by molar-refractivity contribution is 5.36. The van der Waals surface area contributed by atoms with Gasteiger partial charge in [0.15, 0.2) is 0 Å². The molecule has 0 spiro atoms. The van der Waals surface area contributed by atoms with Crippen molar-refractivity contribution >= 4 is 0 Å². The van der Waals surface area contributed by atoms with E-state index < -0.39 is 0 Å². The highest BCUT2D eigenvalue weighted by Crippen LogP contribution is 2.22. The third kappa shape index (κ3) is 8.08. The second kappa shape index (κ2) is 10.6. The molecule has 0 heterocycles. The molecule has 2 N–H and O–H groups in total. The fourth-order valence-corrected chi connectivity index (χ4v) is 2.62. The highest BCUT2D eigenvalue weighted by Gasteiger charge is 1.99. The first-order valence-corrected chi connectivity index (χ1v) is 8.24. The van der Waals surface area contributed by atoms with Crippen LogP contribution in [0.15, 0.2) is 18.2 Å². The largest absolute Gasteiger partial charge is 0.508 e. The van der Waals surface area contributed by atoms with Crippen molar-refractivity contribution in [3.05, 3.63) is 23.8 Å². The number of phenols is 2. The molecule has 0 atom stereocenters. The number of aromatic hydroxyl groups is 2. The molecule has 2 nitrogen and oxygen atoms in total. The zero-order chi connectivity index (χ0) is 14.6. The molecule has 1 aromatic carbocycles. The molecule has 0 unspecified atom stereocenters. The molecule has 1 aromatic rings. The number of unbranched alkanes of at least 4 members (excludes halogenated alkanes) is 9. The van der Waals surface area contributed by atoms with E-state index in [2.05, 4.69) is 6.92 Å². The molecule has 1 rings (SSSR count). The van der Waals surface area contributed by atoms with E-state index in [1.54, 1.807) is 12.1 Å². The zero-order valence-electron chi connectivity index (χ0n) is 12.9. The molecule has 20 heavy (non-hydrogen) atoms. The summed E-state index contributed by atoms with van der Waals surface area (Å²) in [6, 6.07) is 4.86. The van der Waals surface area contributed by atoms with Crippen LogP contribution in [-0.2, 0) is 6.42 Å². The molecule has 0 aliphatic heterocycles. The highest BCUT2D eigenvalue weighted by atomic mass is 16.3. The van der Waals surface area contributed by atoms with Crippen LogP contribution in [0.2, 0.25) is 0 Å². The Morgan fingerprint density at radius 3 is 1.60 bits per heavy atom. The summed E-state index contributed by atoms with van der Waals surface area (Å²) in [5.74, 6) is 0.319. The van der Waals surface area contributed by atoms with Crippen molar-refractivity contribution in [3.63, 3.8) is 0 Å². The Bertz CT molecular complexity index is 340. The number of aryl methyl sites for hydroxylation is 1. The molecule has 114 valence electrons. The topological polar surface area (TPSA) is 40.5 Å². The monoisotopic (exact) mass is 278 g/mol. The van der Waals surface area contributed by atoms with Crippen molar-refractivity contribution in [1.29, 1.82) is 0 Å². The summed E-state index contributed by atoms with van der Waals surface area (Å²) in [6.45, 7) is 2.26. The Hall–Kier alpha value is -1.18. The van der Waals surface area contributed by atoms with Gasteiger partial charge < -0.3 is 10.2 Å². The Balaban J connectivity index is 1.97. The minimum absolute atomic E-state index is 0.159. The maximum atomic E-state index is 9.40. The predicted octanol–water partition coefficient (Wildman–Crippen LogP) is 5.56. The van der Waals surface area contributed by atoms with E-state index in [-0.39, 0.29) is 11.5 Å². The SMILES string of the molecule is CCCCCCCCCCCCc1cc(O)cc(O)c1. The summed E-state index contributed by atoms with van der Waals surface area (Å²) in [5, 5.41) is 18.8. The van der Waals surface area contributed by atoms with Gasteiger partial charge in [0.2, 0.25) is 0 Å². The van der Waals surface area contributed by atoms with Gasteiger partial charge >= 0.3 is 0 Å². The Morgan fingerprint density at radius 1 is 0.650 bits per heavy atom. The van der Waals surface area contributed by atoms with E-state index in [0.29, 0.717) is 0 Å². The number of hydrogen-bond donors (Lipinski definition) is 2. The summed E-state index contributed by atoms with van der Waals surface area (Å²) in [6.07, 6.45) is 14.2. The number of hydrogen-bond acceptors (Lipinski definition) is 2. The fourth-order valence-electron chi connectivity index (χ4n) is 2.62. The summed E-state index contributed by atoms with van der Waals surface area (Å²) >= 11 is 0. The van der Waals surface area contributed by atoms with E-state index >= 15 is 0 Å². The lowest BCUT2D eigenvalue weighted by molar-refractivity contribution is 0.449. The lowest BCUT2D eigenvalue weighted by atomic mass is 10.0. The van der Waals surface area contributed by atoms with Crippen LogP contribution in [-0.4, -0.2) is 10.2 Å². The van der Waals surface area contributed by atoms with Gasteiger partial charge in [0.25, 0.3) is 0 Å². The molecule has 0 saturated carbocycles. The van der Waals surface area contributed by atoms with E-state index in [4.69, 9.17) is 0 Å². The summed E-state index contributed by atoms with van der Waals surface area (Å²) < 4.78 is 0. The van der Waals surface area contributed by atoms with Crippen LogP contribution in [0.4, 0.5) is 0 Å². The minimum atomic E-state index is 0.159. The van der Waals surface area contributed by atoms with Crippen molar-refractivity contribution in [3.8, 4) is 11.5 Å². The zero-order valence-corrected chi connectivity index (χ0v) is 12.9. The van der Waals surface area contributed by atoms with Gasteiger partial charge in [0.05, 0.1) is 0 Å². The van der Waals surface area contributed by atoms with Crippen molar-refractivity contribution in [2.75, 3.05) is 0 Å². The molecular weight excluding hydrogens is 248 g/mol. The Morgan fingerprint density at radius 2 is 1.10 bits per heavy atom. The molecule has 0 aromatic heterocycles. The second-order valence-corrected chi connectivity index (χ2v) is 5.79. The van der Waals surface area contributed by atoms with Crippen LogP contribution in [0.5, 0.6) is 11.5 Å². The molecule has 0 bridgehead atoms. The summed E-state index contributed by atoms with van der Waals surface area (Å²) in [7, 11) is 0.